The van der Waals surface area contributed by atoms with E-state index in [0.717, 1.165) is 22.3 Å². The topological polar surface area (TPSA) is 19.4 Å². The Balaban J connectivity index is 0.000000213. The first-order valence-electron chi connectivity index (χ1n) is 14.4. The monoisotopic (exact) mass is 735 g/mol. The number of para-hydroxylation sites is 2. The van der Waals surface area contributed by atoms with Crippen LogP contribution < -0.4 is 9.80 Å². The predicted molar refractivity (Wildman–Crippen MR) is 174 cm³/mol. The molecule has 0 spiro atoms. The molecule has 2 aliphatic rings. The van der Waals surface area contributed by atoms with Crippen molar-refractivity contribution >= 4 is 33.5 Å². The standard InChI is InChI=1S/C28H24N2.C11H8N.Ir/c1-18-9-7-10-19(2)26(18)29-17-30-25-16-21-12-6-5-11-20(21)15-23(25)28(3,4)22-13-8-14-24(29)27(22)30;1-2-6-10(7-3-1)11-8-4-5-9-12-11;/h5-15,17H,1-4H3;1-6,8-9H;/q-2;-1;+3. The predicted octanol–water partition coefficient (Wildman–Crippen LogP) is 9.85. The van der Waals surface area contributed by atoms with Gasteiger partial charge in [-0.05, 0) is 53.8 Å². The van der Waals surface area contributed by atoms with E-state index in [2.05, 4.69) is 128 Å². The summed E-state index contributed by atoms with van der Waals surface area (Å²) in [7, 11) is 0. The van der Waals surface area contributed by atoms with Crippen LogP contribution in [0.3, 0.4) is 0 Å². The maximum Gasteiger partial charge on any atom is 3.00 e. The van der Waals surface area contributed by atoms with Crippen LogP contribution >= 0.6 is 0 Å². The number of benzene rings is 5. The molecule has 0 unspecified atom stereocenters. The molecular weight excluding hydrogens is 703 g/mol. The smallest absolute Gasteiger partial charge is 0.488 e. The molecule has 3 nitrogen and oxygen atoms in total. The number of aromatic nitrogens is 1. The molecule has 1 aromatic heterocycles. The quantitative estimate of drug-likeness (QED) is 0.165. The third-order valence-corrected chi connectivity index (χ3v) is 8.43. The van der Waals surface area contributed by atoms with Crippen molar-refractivity contribution in [1.82, 2.24) is 4.98 Å². The van der Waals surface area contributed by atoms with E-state index in [1.165, 1.54) is 44.7 Å². The molecule has 0 fully saturated rings. The van der Waals surface area contributed by atoms with Crippen molar-refractivity contribution in [1.29, 1.82) is 0 Å². The van der Waals surface area contributed by atoms with Gasteiger partial charge in [0.1, 0.15) is 0 Å². The van der Waals surface area contributed by atoms with Crippen LogP contribution in [-0.4, -0.2) is 4.98 Å². The van der Waals surface area contributed by atoms with Crippen LogP contribution in [0, 0.1) is 32.6 Å². The maximum absolute atomic E-state index is 4.22. The van der Waals surface area contributed by atoms with Gasteiger partial charge in [0.2, 0.25) is 0 Å². The third-order valence-electron chi connectivity index (χ3n) is 8.43. The fraction of sp³-hybridized carbons (Fsp3) is 0.128. The number of hydrogen-bond acceptors (Lipinski definition) is 3. The second-order valence-electron chi connectivity index (χ2n) is 11.5. The first-order valence-corrected chi connectivity index (χ1v) is 14.4. The molecule has 0 radical (unpaired) electrons. The third kappa shape index (κ3) is 4.95. The van der Waals surface area contributed by atoms with Gasteiger partial charge >= 0.3 is 20.1 Å². The average Bonchev–Trinajstić information content (AvgIpc) is 3.40. The normalized spacial score (nSPS) is 13.9. The molecule has 0 saturated carbocycles. The minimum absolute atomic E-state index is 0. The van der Waals surface area contributed by atoms with Crippen LogP contribution in [0.2, 0.25) is 0 Å². The van der Waals surface area contributed by atoms with Crippen molar-refractivity contribution in [2.75, 3.05) is 9.80 Å². The van der Waals surface area contributed by atoms with Gasteiger partial charge in [-0.1, -0.05) is 79.7 Å². The van der Waals surface area contributed by atoms with Crippen LogP contribution in [0.15, 0.2) is 115 Å². The maximum atomic E-state index is 4.22. The molecule has 4 heteroatoms. The molecule has 0 amide bonds. The van der Waals surface area contributed by atoms with Crippen molar-refractivity contribution < 1.29 is 20.1 Å². The summed E-state index contributed by atoms with van der Waals surface area (Å²) in [5.74, 6) is 0. The zero-order valence-electron chi connectivity index (χ0n) is 24.7. The van der Waals surface area contributed by atoms with E-state index in [1.807, 2.05) is 42.5 Å². The second kappa shape index (κ2) is 11.4. The summed E-state index contributed by atoms with van der Waals surface area (Å²) in [6.45, 7) is 11.3. The van der Waals surface area contributed by atoms with Crippen molar-refractivity contribution in [3.05, 3.63) is 156 Å². The average molecular weight is 735 g/mol. The largest absolute Gasteiger partial charge is 3.00 e. The van der Waals surface area contributed by atoms with Crippen LogP contribution in [0.1, 0.15) is 36.1 Å². The Morgan fingerprint density at radius 1 is 0.721 bits per heavy atom. The van der Waals surface area contributed by atoms with E-state index in [4.69, 9.17) is 0 Å². The van der Waals surface area contributed by atoms with Crippen molar-refractivity contribution in [2.45, 2.75) is 33.1 Å². The summed E-state index contributed by atoms with van der Waals surface area (Å²) in [4.78, 5) is 8.93. The molecule has 0 aliphatic carbocycles. The molecule has 0 N–H and O–H groups in total. The summed E-state index contributed by atoms with van der Waals surface area (Å²) in [6.07, 6.45) is 1.79. The van der Waals surface area contributed by atoms with Gasteiger partial charge in [-0.2, -0.15) is 0 Å². The minimum atomic E-state index is -0.0949. The Morgan fingerprint density at radius 3 is 2.21 bits per heavy atom. The summed E-state index contributed by atoms with van der Waals surface area (Å²) in [5, 5.41) is 2.40. The Kier molecular flexibility index (Phi) is 7.68. The molecular formula is C39H32IrN3. The molecule has 0 atom stereocenters. The Hall–Kier alpha value is -4.24. The minimum Gasteiger partial charge on any atom is -0.488 e. The molecule has 8 rings (SSSR count). The number of nitrogens with zero attached hydrogens (tertiary/aromatic N) is 3. The molecule has 6 aromatic rings. The van der Waals surface area contributed by atoms with E-state index in [9.17, 15) is 0 Å². The van der Waals surface area contributed by atoms with Crippen molar-refractivity contribution in [3.63, 3.8) is 0 Å². The SMILES string of the molecule is Cc1cccc(C)c1N1[CH-]N2c3[c-]c4ccccc4cc3C(C)(C)c3cccc1c32.[Ir+3].[c-]1ccccc1-c1ccccn1. The molecule has 2 aliphatic heterocycles. The van der Waals surface area contributed by atoms with Crippen molar-refractivity contribution in [3.8, 4) is 11.3 Å². The van der Waals surface area contributed by atoms with E-state index < -0.39 is 0 Å². The van der Waals surface area contributed by atoms with Gasteiger partial charge in [0.05, 0.1) is 0 Å². The summed E-state index contributed by atoms with van der Waals surface area (Å²) < 4.78 is 0. The Morgan fingerprint density at radius 2 is 1.47 bits per heavy atom. The van der Waals surface area contributed by atoms with Gasteiger partial charge in [0.25, 0.3) is 0 Å². The Bertz CT molecular complexity index is 1860. The number of rotatable bonds is 2. The number of pyridine rings is 1. The number of anilines is 4. The summed E-state index contributed by atoms with van der Waals surface area (Å²) >= 11 is 0. The van der Waals surface area contributed by atoms with Gasteiger partial charge in [-0.25, -0.2) is 0 Å². The molecule has 0 bridgehead atoms. The molecule has 5 aromatic carbocycles. The summed E-state index contributed by atoms with van der Waals surface area (Å²) in [6, 6.07) is 44.7. The van der Waals surface area contributed by atoms with Crippen molar-refractivity contribution in [2.24, 2.45) is 0 Å². The zero-order chi connectivity index (χ0) is 28.8. The fourth-order valence-corrected chi connectivity index (χ4v) is 6.29. The van der Waals surface area contributed by atoms with Crippen LogP contribution in [-0.2, 0) is 25.5 Å². The van der Waals surface area contributed by atoms with E-state index >= 15 is 0 Å². The van der Waals surface area contributed by atoms with Crippen LogP contribution in [0.5, 0.6) is 0 Å². The van der Waals surface area contributed by atoms with E-state index in [-0.39, 0.29) is 25.5 Å². The van der Waals surface area contributed by atoms with Gasteiger partial charge in [-0.3, -0.25) is 0 Å². The molecule has 43 heavy (non-hydrogen) atoms. The number of aryl methyl sites for hydroxylation is 2. The summed E-state index contributed by atoms with van der Waals surface area (Å²) in [5.41, 5.74) is 12.1. The zero-order valence-corrected chi connectivity index (χ0v) is 27.1. The fourth-order valence-electron chi connectivity index (χ4n) is 6.29. The molecule has 3 heterocycles. The van der Waals surface area contributed by atoms with E-state index in [1.54, 1.807) is 6.20 Å². The molecule has 212 valence electrons. The van der Waals surface area contributed by atoms with E-state index in [0.29, 0.717) is 0 Å². The second-order valence-corrected chi connectivity index (χ2v) is 11.5. The van der Waals surface area contributed by atoms with Gasteiger partial charge in [-0.15, -0.1) is 77.6 Å². The van der Waals surface area contributed by atoms with Crippen LogP contribution in [0.4, 0.5) is 22.7 Å². The first-order chi connectivity index (χ1) is 20.4. The first kappa shape index (κ1) is 28.9. The molecule has 0 saturated heterocycles. The van der Waals surface area contributed by atoms with Gasteiger partial charge < -0.3 is 14.8 Å². The van der Waals surface area contributed by atoms with Gasteiger partial charge in [0.15, 0.2) is 0 Å². The number of hydrogen-bond donors (Lipinski definition) is 0. The number of fused-ring (bicyclic) bond motifs is 3. The van der Waals surface area contributed by atoms with Crippen LogP contribution in [0.25, 0.3) is 22.0 Å². The Labute approximate surface area is 268 Å². The van der Waals surface area contributed by atoms with Gasteiger partial charge in [0, 0.05) is 23.3 Å².